The number of nitrogens with zero attached hydrogens (tertiary/aromatic N) is 3. The number of amides is 1. The number of aliphatic carboxylic acids is 1. The maximum Gasteiger partial charge on any atom is 0.312 e. The minimum absolute atomic E-state index is 0.127. The molecule has 0 bridgehead atoms. The molecular formula is C16H17N3O3. The molecule has 0 radical (unpaired) electrons. The lowest BCUT2D eigenvalue weighted by Gasteiger charge is -2.16. The molecule has 2 aromatic rings. The SMILES string of the molecule is CCn1ccc(CC(=O)N2CC(C(=O)O)c3ccccc32)n1. The van der Waals surface area contributed by atoms with Crippen LogP contribution in [-0.2, 0) is 22.6 Å². The second kappa shape index (κ2) is 5.63. The summed E-state index contributed by atoms with van der Waals surface area (Å²) in [5.41, 5.74) is 2.08. The average molecular weight is 299 g/mol. The Labute approximate surface area is 128 Å². The van der Waals surface area contributed by atoms with E-state index in [2.05, 4.69) is 5.10 Å². The number of carbonyl (C=O) groups excluding carboxylic acids is 1. The predicted octanol–water partition coefficient (Wildman–Crippen LogP) is 1.66. The van der Waals surface area contributed by atoms with Crippen LogP contribution in [0.3, 0.4) is 0 Å². The second-order valence-corrected chi connectivity index (χ2v) is 5.29. The number of para-hydroxylation sites is 1. The molecule has 1 N–H and O–H groups in total. The van der Waals surface area contributed by atoms with E-state index in [4.69, 9.17) is 0 Å². The standard InChI is InChI=1S/C16H17N3O3/c1-2-18-8-7-11(17-18)9-15(20)19-10-13(16(21)22)12-5-3-4-6-14(12)19/h3-8,13H,2,9-10H2,1H3,(H,21,22). The van der Waals surface area contributed by atoms with Gasteiger partial charge in [-0.1, -0.05) is 18.2 Å². The molecule has 1 atom stereocenters. The van der Waals surface area contributed by atoms with Crippen molar-refractivity contribution in [2.24, 2.45) is 0 Å². The van der Waals surface area contributed by atoms with Crippen LogP contribution in [0.1, 0.15) is 24.1 Å². The third kappa shape index (κ3) is 2.47. The van der Waals surface area contributed by atoms with Gasteiger partial charge in [0, 0.05) is 25.0 Å². The summed E-state index contributed by atoms with van der Waals surface area (Å²) in [5, 5.41) is 13.6. The number of carboxylic acid groups (broad SMARTS) is 1. The highest BCUT2D eigenvalue weighted by atomic mass is 16.4. The molecule has 0 saturated carbocycles. The van der Waals surface area contributed by atoms with Crippen molar-refractivity contribution >= 4 is 17.6 Å². The van der Waals surface area contributed by atoms with Crippen molar-refractivity contribution in [1.29, 1.82) is 0 Å². The average Bonchev–Trinajstić information content (AvgIpc) is 3.11. The summed E-state index contributed by atoms with van der Waals surface area (Å²) in [5.74, 6) is -1.69. The van der Waals surface area contributed by atoms with Gasteiger partial charge in [-0.25, -0.2) is 0 Å². The minimum Gasteiger partial charge on any atom is -0.481 e. The van der Waals surface area contributed by atoms with E-state index in [-0.39, 0.29) is 18.9 Å². The van der Waals surface area contributed by atoms with Gasteiger partial charge in [0.05, 0.1) is 12.1 Å². The van der Waals surface area contributed by atoms with Gasteiger partial charge in [-0.05, 0) is 24.6 Å². The molecule has 1 unspecified atom stereocenters. The Morgan fingerprint density at radius 3 is 2.77 bits per heavy atom. The van der Waals surface area contributed by atoms with E-state index in [0.717, 1.165) is 6.54 Å². The normalized spacial score (nSPS) is 16.6. The van der Waals surface area contributed by atoms with Crippen molar-refractivity contribution in [3.05, 3.63) is 47.8 Å². The van der Waals surface area contributed by atoms with Crippen molar-refractivity contribution in [2.75, 3.05) is 11.4 Å². The van der Waals surface area contributed by atoms with Gasteiger partial charge in [0.1, 0.15) is 5.92 Å². The van der Waals surface area contributed by atoms with Crippen molar-refractivity contribution in [1.82, 2.24) is 9.78 Å². The number of rotatable bonds is 4. The molecule has 0 fully saturated rings. The molecule has 22 heavy (non-hydrogen) atoms. The monoisotopic (exact) mass is 299 g/mol. The molecule has 6 nitrogen and oxygen atoms in total. The van der Waals surface area contributed by atoms with Crippen LogP contribution in [0.4, 0.5) is 5.69 Å². The molecule has 1 aromatic heterocycles. The van der Waals surface area contributed by atoms with Gasteiger partial charge in [0.2, 0.25) is 5.91 Å². The van der Waals surface area contributed by atoms with Gasteiger partial charge in [-0.2, -0.15) is 5.10 Å². The molecule has 1 aliphatic heterocycles. The fourth-order valence-electron chi connectivity index (χ4n) is 2.78. The zero-order chi connectivity index (χ0) is 15.7. The molecule has 2 heterocycles. The van der Waals surface area contributed by atoms with E-state index in [1.54, 1.807) is 27.8 Å². The lowest BCUT2D eigenvalue weighted by molar-refractivity contribution is -0.138. The largest absolute Gasteiger partial charge is 0.481 e. The van der Waals surface area contributed by atoms with Crippen molar-refractivity contribution in [2.45, 2.75) is 25.8 Å². The lowest BCUT2D eigenvalue weighted by atomic mass is 10.0. The Morgan fingerprint density at radius 1 is 1.32 bits per heavy atom. The van der Waals surface area contributed by atoms with Crippen LogP contribution >= 0.6 is 0 Å². The molecule has 1 aromatic carbocycles. The first-order chi connectivity index (χ1) is 10.6. The number of anilines is 1. The minimum atomic E-state index is -0.905. The predicted molar refractivity (Wildman–Crippen MR) is 80.8 cm³/mol. The molecule has 1 amide bonds. The van der Waals surface area contributed by atoms with Crippen LogP contribution in [0.15, 0.2) is 36.5 Å². The molecule has 1 aliphatic rings. The van der Waals surface area contributed by atoms with E-state index in [0.29, 0.717) is 16.9 Å². The number of aromatic nitrogens is 2. The van der Waals surface area contributed by atoms with Gasteiger partial charge in [0.25, 0.3) is 0 Å². The van der Waals surface area contributed by atoms with E-state index in [1.165, 1.54) is 0 Å². The fraction of sp³-hybridized carbons (Fsp3) is 0.312. The van der Waals surface area contributed by atoms with Crippen LogP contribution in [0.5, 0.6) is 0 Å². The zero-order valence-corrected chi connectivity index (χ0v) is 12.3. The van der Waals surface area contributed by atoms with Crippen LogP contribution in [-0.4, -0.2) is 33.3 Å². The maximum absolute atomic E-state index is 12.5. The molecule has 0 spiro atoms. The lowest BCUT2D eigenvalue weighted by Crippen LogP contribution is -2.32. The molecule has 6 heteroatoms. The van der Waals surface area contributed by atoms with E-state index in [1.807, 2.05) is 25.3 Å². The third-order valence-electron chi connectivity index (χ3n) is 3.92. The molecule has 0 aliphatic carbocycles. The van der Waals surface area contributed by atoms with Crippen LogP contribution in [0.25, 0.3) is 0 Å². The Kier molecular flexibility index (Phi) is 3.66. The molecule has 3 rings (SSSR count). The van der Waals surface area contributed by atoms with Crippen molar-refractivity contribution in [3.8, 4) is 0 Å². The first-order valence-electron chi connectivity index (χ1n) is 7.24. The van der Waals surface area contributed by atoms with Gasteiger partial charge in [-0.15, -0.1) is 0 Å². The Hall–Kier alpha value is -2.63. The number of fused-ring (bicyclic) bond motifs is 1. The summed E-state index contributed by atoms with van der Waals surface area (Å²) >= 11 is 0. The van der Waals surface area contributed by atoms with Crippen molar-refractivity contribution in [3.63, 3.8) is 0 Å². The Bertz CT molecular complexity index is 723. The van der Waals surface area contributed by atoms with Crippen LogP contribution in [0, 0.1) is 0 Å². The highest BCUT2D eigenvalue weighted by Crippen LogP contribution is 2.36. The second-order valence-electron chi connectivity index (χ2n) is 5.29. The Balaban J connectivity index is 1.83. The van der Waals surface area contributed by atoms with Crippen LogP contribution < -0.4 is 4.90 Å². The highest BCUT2D eigenvalue weighted by molar-refractivity contribution is 5.99. The number of benzene rings is 1. The summed E-state index contributed by atoms with van der Waals surface area (Å²) in [4.78, 5) is 25.5. The van der Waals surface area contributed by atoms with E-state index >= 15 is 0 Å². The van der Waals surface area contributed by atoms with Crippen molar-refractivity contribution < 1.29 is 14.7 Å². The smallest absolute Gasteiger partial charge is 0.312 e. The molecule has 114 valence electrons. The van der Waals surface area contributed by atoms with Gasteiger partial charge >= 0.3 is 5.97 Å². The topological polar surface area (TPSA) is 75.4 Å². The number of hydrogen-bond donors (Lipinski definition) is 1. The first-order valence-corrected chi connectivity index (χ1v) is 7.24. The Morgan fingerprint density at radius 2 is 2.09 bits per heavy atom. The van der Waals surface area contributed by atoms with Gasteiger partial charge in [-0.3, -0.25) is 14.3 Å². The van der Waals surface area contributed by atoms with E-state index in [9.17, 15) is 14.7 Å². The molecule has 0 saturated heterocycles. The van der Waals surface area contributed by atoms with Gasteiger partial charge in [0.15, 0.2) is 0 Å². The maximum atomic E-state index is 12.5. The summed E-state index contributed by atoms with van der Waals surface area (Å²) in [6.07, 6.45) is 2.01. The number of carbonyl (C=O) groups is 2. The summed E-state index contributed by atoms with van der Waals surface area (Å²) < 4.78 is 1.76. The van der Waals surface area contributed by atoms with E-state index < -0.39 is 11.9 Å². The number of carboxylic acids is 1. The van der Waals surface area contributed by atoms with Gasteiger partial charge < -0.3 is 10.0 Å². The third-order valence-corrected chi connectivity index (χ3v) is 3.92. The zero-order valence-electron chi connectivity index (χ0n) is 12.3. The highest BCUT2D eigenvalue weighted by Gasteiger charge is 2.36. The fourth-order valence-corrected chi connectivity index (χ4v) is 2.78. The quantitative estimate of drug-likeness (QED) is 0.931. The number of aryl methyl sites for hydroxylation is 1. The molecular weight excluding hydrogens is 282 g/mol. The summed E-state index contributed by atoms with van der Waals surface area (Å²) in [6, 6.07) is 8.99. The first kappa shape index (κ1) is 14.3. The van der Waals surface area contributed by atoms with Crippen LogP contribution in [0.2, 0.25) is 0 Å². The number of hydrogen-bond acceptors (Lipinski definition) is 3. The summed E-state index contributed by atoms with van der Waals surface area (Å²) in [6.45, 7) is 2.91. The summed E-state index contributed by atoms with van der Waals surface area (Å²) in [7, 11) is 0.